The van der Waals surface area contributed by atoms with Gasteiger partial charge in [0, 0.05) is 11.6 Å². The third-order valence-corrected chi connectivity index (χ3v) is 3.14. The van der Waals surface area contributed by atoms with E-state index >= 15 is 0 Å². The molecule has 0 saturated carbocycles. The molecule has 1 amide bonds. The summed E-state index contributed by atoms with van der Waals surface area (Å²) in [5.74, 6) is -0.807. The number of carbonyl (C=O) groups excluding carboxylic acids is 1. The predicted molar refractivity (Wildman–Crippen MR) is 67.0 cm³/mol. The summed E-state index contributed by atoms with van der Waals surface area (Å²) >= 11 is 1.29. The van der Waals surface area contributed by atoms with E-state index in [1.165, 1.54) is 23.5 Å². The molecule has 0 aliphatic carbocycles. The Morgan fingerprint density at radius 1 is 1.28 bits per heavy atom. The van der Waals surface area contributed by atoms with Gasteiger partial charge < -0.3 is 10.2 Å². The predicted octanol–water partition coefficient (Wildman–Crippen LogP) is 1.76. The Hall–Kier alpha value is -2.15. The fourth-order valence-electron chi connectivity index (χ4n) is 1.34. The maximum absolute atomic E-state index is 11.8. The summed E-state index contributed by atoms with van der Waals surface area (Å²) in [5, 5.41) is 30.0. The molecule has 0 aliphatic rings. The summed E-state index contributed by atoms with van der Waals surface area (Å²) < 4.78 is 0. The van der Waals surface area contributed by atoms with Crippen LogP contribution in [0.1, 0.15) is 22.3 Å². The lowest BCUT2D eigenvalue weighted by atomic mass is 10.2. The standard InChI is InChI=1S/C11H11N3O3S/c1-2-9-13-14-11(18-9)12-10(17)6-3-7(15)5-8(16)4-6/h3-5,15-16H,2H2,1H3,(H,12,14,17). The van der Waals surface area contributed by atoms with E-state index in [0.717, 1.165) is 17.5 Å². The molecular weight excluding hydrogens is 254 g/mol. The minimum absolute atomic E-state index is 0.153. The number of benzene rings is 1. The number of nitrogens with zero attached hydrogens (tertiary/aromatic N) is 2. The molecule has 0 atom stereocenters. The van der Waals surface area contributed by atoms with Gasteiger partial charge in [-0.1, -0.05) is 18.3 Å². The van der Waals surface area contributed by atoms with E-state index in [1.807, 2.05) is 6.92 Å². The SMILES string of the molecule is CCc1nnc(NC(=O)c2cc(O)cc(O)c2)s1. The molecule has 0 radical (unpaired) electrons. The number of aromatic nitrogens is 2. The quantitative estimate of drug-likeness (QED) is 0.786. The Bertz CT molecular complexity index is 562. The first-order valence-corrected chi connectivity index (χ1v) is 6.07. The van der Waals surface area contributed by atoms with Crippen molar-refractivity contribution in [3.63, 3.8) is 0 Å². The van der Waals surface area contributed by atoms with Crippen molar-refractivity contribution in [2.45, 2.75) is 13.3 Å². The number of amides is 1. The second-order valence-electron chi connectivity index (χ2n) is 3.55. The minimum atomic E-state index is -0.458. The normalized spacial score (nSPS) is 10.3. The van der Waals surface area contributed by atoms with Gasteiger partial charge in [-0.25, -0.2) is 0 Å². The van der Waals surface area contributed by atoms with E-state index in [4.69, 9.17) is 0 Å². The van der Waals surface area contributed by atoms with Crippen LogP contribution in [0.4, 0.5) is 5.13 Å². The second kappa shape index (κ2) is 5.01. The van der Waals surface area contributed by atoms with Gasteiger partial charge in [0.15, 0.2) is 0 Å². The summed E-state index contributed by atoms with van der Waals surface area (Å²) in [6.45, 7) is 1.94. The van der Waals surface area contributed by atoms with Crippen LogP contribution in [0.5, 0.6) is 11.5 Å². The van der Waals surface area contributed by atoms with Crippen molar-refractivity contribution in [2.24, 2.45) is 0 Å². The number of hydrogen-bond donors (Lipinski definition) is 3. The van der Waals surface area contributed by atoms with Crippen molar-refractivity contribution in [1.29, 1.82) is 0 Å². The lowest BCUT2D eigenvalue weighted by molar-refractivity contribution is 0.102. The van der Waals surface area contributed by atoms with Crippen LogP contribution < -0.4 is 5.32 Å². The first-order chi connectivity index (χ1) is 8.58. The zero-order valence-corrected chi connectivity index (χ0v) is 10.4. The Morgan fingerprint density at radius 3 is 2.50 bits per heavy atom. The molecule has 3 N–H and O–H groups in total. The summed E-state index contributed by atoms with van der Waals surface area (Å²) in [7, 11) is 0. The first kappa shape index (κ1) is 12.3. The van der Waals surface area contributed by atoms with Crippen molar-refractivity contribution < 1.29 is 15.0 Å². The molecule has 2 aromatic rings. The van der Waals surface area contributed by atoms with E-state index in [1.54, 1.807) is 0 Å². The monoisotopic (exact) mass is 265 g/mol. The molecule has 18 heavy (non-hydrogen) atoms. The average molecular weight is 265 g/mol. The van der Waals surface area contributed by atoms with Crippen LogP contribution in [0.2, 0.25) is 0 Å². The number of aryl methyl sites for hydroxylation is 1. The molecule has 0 spiro atoms. The van der Waals surface area contributed by atoms with Crippen molar-refractivity contribution >= 4 is 22.4 Å². The molecule has 0 fully saturated rings. The van der Waals surface area contributed by atoms with Gasteiger partial charge in [0.2, 0.25) is 5.13 Å². The zero-order valence-electron chi connectivity index (χ0n) is 9.54. The van der Waals surface area contributed by atoms with E-state index < -0.39 is 5.91 Å². The fraction of sp³-hybridized carbons (Fsp3) is 0.182. The Labute approximate surface area is 107 Å². The summed E-state index contributed by atoms with van der Waals surface area (Å²) in [4.78, 5) is 11.8. The molecule has 0 bridgehead atoms. The Kier molecular flexibility index (Phi) is 3.42. The molecular formula is C11H11N3O3S. The largest absolute Gasteiger partial charge is 0.508 e. The van der Waals surface area contributed by atoms with Gasteiger partial charge in [0.1, 0.15) is 16.5 Å². The van der Waals surface area contributed by atoms with Gasteiger partial charge >= 0.3 is 0 Å². The topological polar surface area (TPSA) is 95.3 Å². The number of aromatic hydroxyl groups is 2. The average Bonchev–Trinajstić information content (AvgIpc) is 2.75. The third-order valence-electron chi connectivity index (χ3n) is 2.15. The smallest absolute Gasteiger partial charge is 0.257 e. The van der Waals surface area contributed by atoms with E-state index in [-0.39, 0.29) is 17.1 Å². The number of hydrogen-bond acceptors (Lipinski definition) is 6. The van der Waals surface area contributed by atoms with Crippen LogP contribution in [0.15, 0.2) is 18.2 Å². The number of nitrogens with one attached hydrogen (secondary N) is 1. The second-order valence-corrected chi connectivity index (χ2v) is 4.61. The van der Waals surface area contributed by atoms with Gasteiger partial charge in [-0.3, -0.25) is 10.1 Å². The minimum Gasteiger partial charge on any atom is -0.508 e. The lowest BCUT2D eigenvalue weighted by Gasteiger charge is -2.02. The van der Waals surface area contributed by atoms with Crippen molar-refractivity contribution in [3.05, 3.63) is 28.8 Å². The lowest BCUT2D eigenvalue weighted by Crippen LogP contribution is -2.11. The van der Waals surface area contributed by atoms with Gasteiger partial charge in [0.05, 0.1) is 0 Å². The van der Waals surface area contributed by atoms with E-state index in [0.29, 0.717) is 5.13 Å². The van der Waals surface area contributed by atoms with Crippen LogP contribution in [-0.2, 0) is 6.42 Å². The van der Waals surface area contributed by atoms with Gasteiger partial charge in [-0.15, -0.1) is 10.2 Å². The molecule has 1 aromatic heterocycles. The van der Waals surface area contributed by atoms with E-state index in [9.17, 15) is 15.0 Å². The summed E-state index contributed by atoms with van der Waals surface area (Å²) in [6, 6.07) is 3.67. The molecule has 0 saturated heterocycles. The van der Waals surface area contributed by atoms with Crippen LogP contribution in [0.25, 0.3) is 0 Å². The van der Waals surface area contributed by atoms with Crippen molar-refractivity contribution in [3.8, 4) is 11.5 Å². The van der Waals surface area contributed by atoms with E-state index in [2.05, 4.69) is 15.5 Å². The van der Waals surface area contributed by atoms with Crippen LogP contribution in [-0.4, -0.2) is 26.3 Å². The fourth-order valence-corrected chi connectivity index (χ4v) is 2.02. The molecule has 2 rings (SSSR count). The molecule has 6 nitrogen and oxygen atoms in total. The highest BCUT2D eigenvalue weighted by Crippen LogP contribution is 2.22. The third kappa shape index (κ3) is 2.75. The Balaban J connectivity index is 2.16. The highest BCUT2D eigenvalue weighted by Gasteiger charge is 2.11. The van der Waals surface area contributed by atoms with Crippen LogP contribution >= 0.6 is 11.3 Å². The van der Waals surface area contributed by atoms with Crippen molar-refractivity contribution in [1.82, 2.24) is 10.2 Å². The highest BCUT2D eigenvalue weighted by atomic mass is 32.1. The molecule has 1 heterocycles. The molecule has 1 aromatic carbocycles. The van der Waals surface area contributed by atoms with Crippen LogP contribution in [0, 0.1) is 0 Å². The number of rotatable bonds is 3. The molecule has 7 heteroatoms. The highest BCUT2D eigenvalue weighted by molar-refractivity contribution is 7.15. The molecule has 0 unspecified atom stereocenters. The number of carbonyl (C=O) groups is 1. The maximum Gasteiger partial charge on any atom is 0.257 e. The first-order valence-electron chi connectivity index (χ1n) is 5.25. The van der Waals surface area contributed by atoms with Crippen LogP contribution in [0.3, 0.4) is 0 Å². The van der Waals surface area contributed by atoms with Gasteiger partial charge in [-0.05, 0) is 18.6 Å². The zero-order chi connectivity index (χ0) is 13.1. The summed E-state index contributed by atoms with van der Waals surface area (Å²) in [5.41, 5.74) is 0.153. The molecule has 0 aliphatic heterocycles. The summed E-state index contributed by atoms with van der Waals surface area (Å²) in [6.07, 6.45) is 0.750. The van der Waals surface area contributed by atoms with Crippen molar-refractivity contribution in [2.75, 3.05) is 5.32 Å². The van der Waals surface area contributed by atoms with Gasteiger partial charge in [-0.2, -0.15) is 0 Å². The number of phenolic OH excluding ortho intramolecular Hbond substituents is 2. The van der Waals surface area contributed by atoms with Gasteiger partial charge in [0.25, 0.3) is 5.91 Å². The molecule has 94 valence electrons. The number of phenols is 2. The Morgan fingerprint density at radius 2 is 1.94 bits per heavy atom. The number of anilines is 1. The maximum atomic E-state index is 11.8.